The Balaban J connectivity index is 2.73. The molecule has 17 heavy (non-hydrogen) atoms. The van der Waals surface area contributed by atoms with Gasteiger partial charge in [0.05, 0.1) is 0 Å². The van der Waals surface area contributed by atoms with Crippen molar-refractivity contribution in [3.8, 4) is 0 Å². The second kappa shape index (κ2) is 7.25. The molecule has 1 heterocycles. The third-order valence-electron chi connectivity index (χ3n) is 2.76. The fraction of sp³-hybridized carbons (Fsp3) is 0.615. The zero-order valence-corrected chi connectivity index (χ0v) is 11.1. The molecule has 0 aliphatic rings. The zero-order valence-electron chi connectivity index (χ0n) is 11.1. The molecule has 0 aliphatic carbocycles. The number of methoxy groups -OCH3 is 1. The van der Waals surface area contributed by atoms with Crippen LogP contribution in [-0.2, 0) is 17.7 Å². The Hall–Kier alpha value is -1.13. The van der Waals surface area contributed by atoms with Crippen molar-refractivity contribution in [3.63, 3.8) is 0 Å². The molecule has 0 fully saturated rings. The summed E-state index contributed by atoms with van der Waals surface area (Å²) in [5.74, 6) is 1.00. The van der Waals surface area contributed by atoms with E-state index in [1.165, 1.54) is 0 Å². The quantitative estimate of drug-likeness (QED) is 0.731. The standard InChI is InChI=1S/C13H23N3O/c1-4-12-8-11(10-14)9-13(15-12)16(2)6-5-7-17-3/h8-9H,4-7,10,14H2,1-3H3. The van der Waals surface area contributed by atoms with Crippen LogP contribution >= 0.6 is 0 Å². The van der Waals surface area contributed by atoms with Crippen LogP contribution in [-0.4, -0.2) is 32.3 Å². The number of aromatic nitrogens is 1. The number of aryl methyl sites for hydroxylation is 1. The number of ether oxygens (including phenoxy) is 1. The first-order valence-electron chi connectivity index (χ1n) is 6.11. The maximum Gasteiger partial charge on any atom is 0.128 e. The predicted octanol–water partition coefficient (Wildman–Crippen LogP) is 1.58. The highest BCUT2D eigenvalue weighted by molar-refractivity contribution is 5.42. The molecule has 0 unspecified atom stereocenters. The minimum Gasteiger partial charge on any atom is -0.385 e. The summed E-state index contributed by atoms with van der Waals surface area (Å²) in [4.78, 5) is 6.76. The van der Waals surface area contributed by atoms with Gasteiger partial charge < -0.3 is 15.4 Å². The third kappa shape index (κ3) is 4.32. The molecule has 0 aliphatic heterocycles. The number of nitrogens with two attached hydrogens (primary N) is 1. The van der Waals surface area contributed by atoms with E-state index in [-0.39, 0.29) is 0 Å². The van der Waals surface area contributed by atoms with Gasteiger partial charge in [-0.1, -0.05) is 6.92 Å². The molecule has 0 radical (unpaired) electrons. The molecule has 0 atom stereocenters. The largest absolute Gasteiger partial charge is 0.385 e. The van der Waals surface area contributed by atoms with Crippen molar-refractivity contribution in [2.75, 3.05) is 32.2 Å². The van der Waals surface area contributed by atoms with Crippen molar-refractivity contribution in [2.24, 2.45) is 5.73 Å². The van der Waals surface area contributed by atoms with Crippen molar-refractivity contribution in [1.82, 2.24) is 4.98 Å². The number of pyridine rings is 1. The Bertz CT molecular complexity index is 319. The first kappa shape index (κ1) is 13.9. The molecular formula is C13H23N3O. The first-order valence-corrected chi connectivity index (χ1v) is 6.11. The number of hydrogen-bond donors (Lipinski definition) is 1. The van der Waals surface area contributed by atoms with Crippen LogP contribution in [0.2, 0.25) is 0 Å². The lowest BCUT2D eigenvalue weighted by Gasteiger charge is -2.19. The fourth-order valence-electron chi connectivity index (χ4n) is 1.69. The van der Waals surface area contributed by atoms with Crippen LogP contribution in [0.5, 0.6) is 0 Å². The molecule has 96 valence electrons. The molecular weight excluding hydrogens is 214 g/mol. The first-order chi connectivity index (χ1) is 8.21. The summed E-state index contributed by atoms with van der Waals surface area (Å²) in [6.07, 6.45) is 1.94. The van der Waals surface area contributed by atoms with Crippen LogP contribution in [0.3, 0.4) is 0 Å². The van der Waals surface area contributed by atoms with Crippen molar-refractivity contribution in [3.05, 3.63) is 23.4 Å². The van der Waals surface area contributed by atoms with Gasteiger partial charge in [0.1, 0.15) is 5.82 Å². The lowest BCUT2D eigenvalue weighted by molar-refractivity contribution is 0.196. The average molecular weight is 237 g/mol. The highest BCUT2D eigenvalue weighted by Crippen LogP contribution is 2.14. The normalized spacial score (nSPS) is 10.6. The van der Waals surface area contributed by atoms with Gasteiger partial charge in [0, 0.05) is 39.5 Å². The Labute approximate surface area is 104 Å². The third-order valence-corrected chi connectivity index (χ3v) is 2.76. The van der Waals surface area contributed by atoms with Gasteiger partial charge in [-0.2, -0.15) is 0 Å². The molecule has 0 saturated carbocycles. The van der Waals surface area contributed by atoms with Crippen molar-refractivity contribution >= 4 is 5.82 Å². The van der Waals surface area contributed by atoms with Gasteiger partial charge in [-0.25, -0.2) is 4.98 Å². The molecule has 4 nitrogen and oxygen atoms in total. The van der Waals surface area contributed by atoms with E-state index in [4.69, 9.17) is 10.5 Å². The molecule has 0 aromatic carbocycles. The van der Waals surface area contributed by atoms with E-state index in [1.54, 1.807) is 7.11 Å². The summed E-state index contributed by atoms with van der Waals surface area (Å²) >= 11 is 0. The molecule has 1 rings (SSSR count). The topological polar surface area (TPSA) is 51.4 Å². The smallest absolute Gasteiger partial charge is 0.128 e. The van der Waals surface area contributed by atoms with E-state index in [0.717, 1.165) is 43.1 Å². The van der Waals surface area contributed by atoms with Crippen molar-refractivity contribution in [1.29, 1.82) is 0 Å². The van der Waals surface area contributed by atoms with Crippen LogP contribution in [0.15, 0.2) is 12.1 Å². The van der Waals surface area contributed by atoms with Crippen LogP contribution < -0.4 is 10.6 Å². The molecule has 1 aromatic rings. The van der Waals surface area contributed by atoms with Crippen LogP contribution in [0, 0.1) is 0 Å². The van der Waals surface area contributed by atoms with Gasteiger partial charge >= 0.3 is 0 Å². The van der Waals surface area contributed by atoms with E-state index in [0.29, 0.717) is 6.54 Å². The van der Waals surface area contributed by atoms with E-state index in [2.05, 4.69) is 36.0 Å². The average Bonchev–Trinajstić information content (AvgIpc) is 2.38. The highest BCUT2D eigenvalue weighted by Gasteiger charge is 2.05. The second-order valence-electron chi connectivity index (χ2n) is 4.15. The Morgan fingerprint density at radius 2 is 2.18 bits per heavy atom. The monoisotopic (exact) mass is 237 g/mol. The van der Waals surface area contributed by atoms with Gasteiger partial charge in [0.15, 0.2) is 0 Å². The summed E-state index contributed by atoms with van der Waals surface area (Å²) in [6, 6.07) is 4.14. The number of rotatable bonds is 7. The van der Waals surface area contributed by atoms with Crippen molar-refractivity contribution in [2.45, 2.75) is 26.3 Å². The fourth-order valence-corrected chi connectivity index (χ4v) is 1.69. The van der Waals surface area contributed by atoms with Gasteiger partial charge in [-0.3, -0.25) is 0 Å². The van der Waals surface area contributed by atoms with E-state index in [9.17, 15) is 0 Å². The van der Waals surface area contributed by atoms with E-state index in [1.807, 2.05) is 0 Å². The van der Waals surface area contributed by atoms with Crippen LogP contribution in [0.1, 0.15) is 24.6 Å². The van der Waals surface area contributed by atoms with Gasteiger partial charge in [-0.15, -0.1) is 0 Å². The Morgan fingerprint density at radius 3 is 2.76 bits per heavy atom. The van der Waals surface area contributed by atoms with Crippen LogP contribution in [0.4, 0.5) is 5.82 Å². The molecule has 0 spiro atoms. The molecule has 0 amide bonds. The minimum absolute atomic E-state index is 0.564. The molecule has 4 heteroatoms. The molecule has 1 aromatic heterocycles. The maximum atomic E-state index is 5.70. The summed E-state index contributed by atoms with van der Waals surface area (Å²) in [5, 5.41) is 0. The summed E-state index contributed by atoms with van der Waals surface area (Å²) in [7, 11) is 3.78. The molecule has 0 saturated heterocycles. The van der Waals surface area contributed by atoms with Crippen molar-refractivity contribution < 1.29 is 4.74 Å². The number of anilines is 1. The SMILES string of the molecule is CCc1cc(CN)cc(N(C)CCCOC)n1. The number of nitrogens with zero attached hydrogens (tertiary/aromatic N) is 2. The zero-order chi connectivity index (χ0) is 12.7. The lowest BCUT2D eigenvalue weighted by atomic mass is 10.2. The van der Waals surface area contributed by atoms with Gasteiger partial charge in [-0.05, 0) is 30.5 Å². The summed E-state index contributed by atoms with van der Waals surface area (Å²) < 4.78 is 5.05. The summed E-state index contributed by atoms with van der Waals surface area (Å²) in [5.41, 5.74) is 7.94. The van der Waals surface area contributed by atoms with E-state index < -0.39 is 0 Å². The highest BCUT2D eigenvalue weighted by atomic mass is 16.5. The van der Waals surface area contributed by atoms with Gasteiger partial charge in [0.25, 0.3) is 0 Å². The minimum atomic E-state index is 0.564. The Morgan fingerprint density at radius 1 is 1.41 bits per heavy atom. The van der Waals surface area contributed by atoms with Gasteiger partial charge in [0.2, 0.25) is 0 Å². The summed E-state index contributed by atoms with van der Waals surface area (Å²) in [6.45, 7) is 4.39. The van der Waals surface area contributed by atoms with Crippen LogP contribution in [0.25, 0.3) is 0 Å². The van der Waals surface area contributed by atoms with E-state index >= 15 is 0 Å². The number of hydrogen-bond acceptors (Lipinski definition) is 4. The second-order valence-corrected chi connectivity index (χ2v) is 4.15. The molecule has 0 bridgehead atoms. The molecule has 2 N–H and O–H groups in total. The maximum absolute atomic E-state index is 5.70. The predicted molar refractivity (Wildman–Crippen MR) is 71.3 cm³/mol. The lowest BCUT2D eigenvalue weighted by Crippen LogP contribution is -2.21. The Kier molecular flexibility index (Phi) is 5.94.